The molecule has 3 aromatic rings. The lowest BCUT2D eigenvalue weighted by atomic mass is 9.97. The summed E-state index contributed by atoms with van der Waals surface area (Å²) >= 11 is 1.74. The molecule has 0 N–H and O–H groups in total. The van der Waals surface area contributed by atoms with Crippen molar-refractivity contribution < 1.29 is 9.53 Å². The van der Waals surface area contributed by atoms with Gasteiger partial charge in [-0.15, -0.1) is 11.3 Å². The lowest BCUT2D eigenvalue weighted by Crippen LogP contribution is -2.42. The summed E-state index contributed by atoms with van der Waals surface area (Å²) in [5, 5.41) is 2.09. The zero-order valence-electron chi connectivity index (χ0n) is 18.0. The molecule has 1 atom stereocenters. The number of carbonyl (C=O) groups is 1. The molecule has 4 nitrogen and oxygen atoms in total. The zero-order valence-corrected chi connectivity index (χ0v) is 18.8. The van der Waals surface area contributed by atoms with Gasteiger partial charge in [0.15, 0.2) is 0 Å². The first-order valence-corrected chi connectivity index (χ1v) is 11.8. The highest BCUT2D eigenvalue weighted by Gasteiger charge is 2.27. The fourth-order valence-electron chi connectivity index (χ4n) is 4.24. The second-order valence-electron chi connectivity index (χ2n) is 8.11. The number of rotatable bonds is 9. The summed E-state index contributed by atoms with van der Waals surface area (Å²) in [6, 6.07) is 24.6. The predicted molar refractivity (Wildman–Crippen MR) is 126 cm³/mol. The molecule has 31 heavy (non-hydrogen) atoms. The molecule has 0 spiro atoms. The monoisotopic (exact) mass is 434 g/mol. The van der Waals surface area contributed by atoms with Gasteiger partial charge in [-0.1, -0.05) is 66.7 Å². The van der Waals surface area contributed by atoms with Crippen LogP contribution in [0.2, 0.25) is 0 Å². The minimum Gasteiger partial charge on any atom is -0.377 e. The van der Waals surface area contributed by atoms with Crippen LogP contribution in [0.15, 0.2) is 78.2 Å². The lowest BCUT2D eigenvalue weighted by molar-refractivity contribution is -0.133. The number of hydrogen-bond acceptors (Lipinski definition) is 4. The van der Waals surface area contributed by atoms with Crippen LogP contribution in [0.25, 0.3) is 0 Å². The SMILES string of the molecule is CN(C(=O)CN(Cc1cccs1)CC1CCCO1)C(c1ccccc1)c1ccccc1. The number of carbonyl (C=O) groups excluding carboxylic acids is 1. The van der Waals surface area contributed by atoms with Crippen molar-refractivity contribution in [3.05, 3.63) is 94.2 Å². The Balaban J connectivity index is 1.52. The van der Waals surface area contributed by atoms with Crippen LogP contribution in [0.3, 0.4) is 0 Å². The molecule has 2 aromatic carbocycles. The van der Waals surface area contributed by atoms with E-state index >= 15 is 0 Å². The standard InChI is InChI=1S/C26H30N2O2S/c1-27(26(21-10-4-2-5-11-21)22-12-6-3-7-13-22)25(29)20-28(18-23-14-8-16-30-23)19-24-15-9-17-31-24/h2-7,9-13,15,17,23,26H,8,14,16,18-20H2,1H3. The van der Waals surface area contributed by atoms with Crippen LogP contribution in [0, 0.1) is 0 Å². The smallest absolute Gasteiger partial charge is 0.237 e. The Morgan fingerprint density at radius 3 is 2.26 bits per heavy atom. The Labute approximate surface area is 189 Å². The Morgan fingerprint density at radius 1 is 1.03 bits per heavy atom. The predicted octanol–water partition coefficient (Wildman–Crippen LogP) is 4.98. The first-order valence-electron chi connectivity index (χ1n) is 10.9. The molecule has 1 unspecified atom stereocenters. The highest BCUT2D eigenvalue weighted by atomic mass is 32.1. The van der Waals surface area contributed by atoms with E-state index in [4.69, 9.17) is 4.74 Å². The lowest BCUT2D eigenvalue weighted by Gasteiger charge is -2.32. The molecule has 162 valence electrons. The number of nitrogens with zero attached hydrogens (tertiary/aromatic N) is 2. The second-order valence-corrected chi connectivity index (χ2v) is 9.14. The summed E-state index contributed by atoms with van der Waals surface area (Å²) in [6.07, 6.45) is 2.40. The normalized spacial score (nSPS) is 16.2. The van der Waals surface area contributed by atoms with Gasteiger partial charge in [-0.3, -0.25) is 9.69 Å². The first-order chi connectivity index (χ1) is 15.2. The Kier molecular flexibility index (Phi) is 7.52. The molecule has 1 aromatic heterocycles. The van der Waals surface area contributed by atoms with E-state index in [2.05, 4.69) is 46.7 Å². The number of amides is 1. The van der Waals surface area contributed by atoms with Crippen molar-refractivity contribution in [3.8, 4) is 0 Å². The molecule has 0 radical (unpaired) electrons. The number of benzene rings is 2. The van der Waals surface area contributed by atoms with E-state index in [1.807, 2.05) is 48.3 Å². The van der Waals surface area contributed by atoms with Crippen LogP contribution >= 0.6 is 11.3 Å². The third-order valence-electron chi connectivity index (χ3n) is 5.82. The van der Waals surface area contributed by atoms with E-state index in [-0.39, 0.29) is 18.1 Å². The molecule has 2 heterocycles. The Hall–Kier alpha value is -2.47. The van der Waals surface area contributed by atoms with Crippen LogP contribution in [0.4, 0.5) is 0 Å². The van der Waals surface area contributed by atoms with Crippen molar-refractivity contribution in [2.45, 2.75) is 31.5 Å². The van der Waals surface area contributed by atoms with Crippen molar-refractivity contribution in [1.82, 2.24) is 9.80 Å². The molecule has 1 amide bonds. The minimum absolute atomic E-state index is 0.110. The van der Waals surface area contributed by atoms with E-state index in [1.54, 1.807) is 11.3 Å². The molecule has 0 aliphatic carbocycles. The highest BCUT2D eigenvalue weighted by molar-refractivity contribution is 7.09. The maximum Gasteiger partial charge on any atom is 0.237 e. The average Bonchev–Trinajstić information content (AvgIpc) is 3.50. The van der Waals surface area contributed by atoms with Crippen molar-refractivity contribution in [2.24, 2.45) is 0 Å². The number of hydrogen-bond donors (Lipinski definition) is 0. The van der Waals surface area contributed by atoms with E-state index in [1.165, 1.54) is 4.88 Å². The van der Waals surface area contributed by atoms with Crippen molar-refractivity contribution in [1.29, 1.82) is 0 Å². The Morgan fingerprint density at radius 2 is 1.71 bits per heavy atom. The third kappa shape index (κ3) is 5.82. The van der Waals surface area contributed by atoms with Gasteiger partial charge < -0.3 is 9.64 Å². The van der Waals surface area contributed by atoms with Gasteiger partial charge in [0.2, 0.25) is 5.91 Å². The number of likely N-dealkylation sites (N-methyl/N-ethyl adjacent to an activating group) is 1. The topological polar surface area (TPSA) is 32.8 Å². The van der Waals surface area contributed by atoms with Gasteiger partial charge >= 0.3 is 0 Å². The van der Waals surface area contributed by atoms with Gasteiger partial charge in [-0.05, 0) is 35.4 Å². The molecule has 1 aliphatic rings. The van der Waals surface area contributed by atoms with Crippen LogP contribution in [0.5, 0.6) is 0 Å². The fraction of sp³-hybridized carbons (Fsp3) is 0.346. The molecular weight excluding hydrogens is 404 g/mol. The second kappa shape index (κ2) is 10.7. The zero-order chi connectivity index (χ0) is 21.5. The van der Waals surface area contributed by atoms with Gasteiger partial charge in [0.1, 0.15) is 0 Å². The first kappa shape index (κ1) is 21.8. The molecule has 1 aliphatic heterocycles. The molecule has 4 rings (SSSR count). The summed E-state index contributed by atoms with van der Waals surface area (Å²) in [4.78, 5) is 18.9. The van der Waals surface area contributed by atoms with Crippen LogP contribution in [-0.2, 0) is 16.1 Å². The quantitative estimate of drug-likeness (QED) is 0.476. The maximum absolute atomic E-state index is 13.5. The van der Waals surface area contributed by atoms with Crippen LogP contribution in [0.1, 0.15) is 34.9 Å². The summed E-state index contributed by atoms with van der Waals surface area (Å²) in [5.41, 5.74) is 2.24. The highest BCUT2D eigenvalue weighted by Crippen LogP contribution is 2.28. The molecule has 5 heteroatoms. The molecule has 0 saturated carbocycles. The van der Waals surface area contributed by atoms with Crippen LogP contribution in [-0.4, -0.2) is 48.6 Å². The van der Waals surface area contributed by atoms with Gasteiger partial charge in [0, 0.05) is 31.6 Å². The molecule has 1 saturated heterocycles. The summed E-state index contributed by atoms with van der Waals surface area (Å²) in [5.74, 6) is 0.118. The molecule has 1 fully saturated rings. The fourth-order valence-corrected chi connectivity index (χ4v) is 4.99. The van der Waals surface area contributed by atoms with E-state index < -0.39 is 0 Å². The van der Waals surface area contributed by atoms with E-state index in [0.717, 1.165) is 43.7 Å². The van der Waals surface area contributed by atoms with Gasteiger partial charge in [-0.25, -0.2) is 0 Å². The van der Waals surface area contributed by atoms with Crippen LogP contribution < -0.4 is 0 Å². The summed E-state index contributed by atoms with van der Waals surface area (Å²) < 4.78 is 5.87. The number of ether oxygens (including phenoxy) is 1. The largest absolute Gasteiger partial charge is 0.377 e. The molecule has 0 bridgehead atoms. The van der Waals surface area contributed by atoms with Crippen molar-refractivity contribution in [2.75, 3.05) is 26.7 Å². The van der Waals surface area contributed by atoms with Crippen molar-refractivity contribution in [3.63, 3.8) is 0 Å². The van der Waals surface area contributed by atoms with E-state index in [9.17, 15) is 4.79 Å². The third-order valence-corrected chi connectivity index (χ3v) is 6.68. The average molecular weight is 435 g/mol. The van der Waals surface area contributed by atoms with Gasteiger partial charge in [0.25, 0.3) is 0 Å². The maximum atomic E-state index is 13.5. The van der Waals surface area contributed by atoms with Gasteiger partial charge in [0.05, 0.1) is 18.7 Å². The van der Waals surface area contributed by atoms with E-state index in [0.29, 0.717) is 6.54 Å². The van der Waals surface area contributed by atoms with Crippen molar-refractivity contribution >= 4 is 17.2 Å². The Bertz CT molecular complexity index is 885. The molecular formula is C26H30N2O2S. The summed E-state index contributed by atoms with van der Waals surface area (Å²) in [6.45, 7) is 2.77. The number of thiophene rings is 1. The summed E-state index contributed by atoms with van der Waals surface area (Å²) in [7, 11) is 1.92. The minimum atomic E-state index is -0.110. The van der Waals surface area contributed by atoms with Gasteiger partial charge in [-0.2, -0.15) is 0 Å².